The van der Waals surface area contributed by atoms with Crippen LogP contribution in [-0.4, -0.2) is 25.6 Å². The normalized spacial score (nSPS) is 5.75. The minimum Gasteiger partial charge on any atom is -0.517 e. The van der Waals surface area contributed by atoms with Gasteiger partial charge >= 0.3 is 0 Å². The Balaban J connectivity index is -0.000000125. The van der Waals surface area contributed by atoms with E-state index in [1.807, 2.05) is 0 Å². The summed E-state index contributed by atoms with van der Waals surface area (Å²) in [6.45, 7) is 0. The first-order valence-corrected chi connectivity index (χ1v) is 1.47. The quantitative estimate of drug-likeness (QED) is 0.384. The van der Waals surface area contributed by atoms with Crippen LogP contribution >= 0.6 is 0 Å². The number of nitrogens with zero attached hydrogens (tertiary/aromatic N) is 1. The van der Waals surface area contributed by atoms with Gasteiger partial charge in [-0.15, -0.1) is 6.41 Å². The van der Waals surface area contributed by atoms with Crippen molar-refractivity contribution in [2.75, 3.05) is 14.2 Å². The molecule has 8 heavy (non-hydrogen) atoms. The molecule has 3 nitrogen and oxygen atoms in total. The van der Waals surface area contributed by atoms with Gasteiger partial charge in [-0.2, -0.15) is 0 Å². The van der Waals surface area contributed by atoms with Crippen LogP contribution in [0.4, 0.5) is 0 Å². The van der Waals surface area contributed by atoms with Crippen molar-refractivity contribution in [2.45, 2.75) is 0 Å². The molecule has 0 aromatic heterocycles. The number of carbonyl (C=O) groups excluding carboxylic acids is 1. The Kier molecular flexibility index (Phi) is 23.3. The first-order chi connectivity index (χ1) is 2.81. The number of hydrogen-bond acceptors (Lipinski definition) is 2. The maximum absolute atomic E-state index is 9.41. The molecule has 1 amide bonds. The third-order valence-corrected chi connectivity index (χ3v) is 0.402. The first kappa shape index (κ1) is 16.3. The molecule has 0 fully saturated rings. The third kappa shape index (κ3) is 10.6. The van der Waals surface area contributed by atoms with Crippen LogP contribution in [0.5, 0.6) is 0 Å². The molecule has 0 unspecified atom stereocenters. The number of hydrogen-bond donors (Lipinski definition) is 0. The minimum atomic E-state index is 0. The van der Waals surface area contributed by atoms with E-state index in [-0.39, 0.29) is 65.4 Å². The molecule has 0 aromatic rings. The number of rotatable bonds is 2. The fraction of sp³-hybridized carbons (Fsp3) is 0.667. The molecule has 0 saturated carbocycles. The smallest absolute Gasteiger partial charge is 0.0604 e. The van der Waals surface area contributed by atoms with Gasteiger partial charge < -0.3 is 14.7 Å². The van der Waals surface area contributed by atoms with Gasteiger partial charge in [0.1, 0.15) is 0 Å². The van der Waals surface area contributed by atoms with E-state index >= 15 is 0 Å². The van der Waals surface area contributed by atoms with Crippen LogP contribution in [0.25, 0.3) is 0 Å². The van der Waals surface area contributed by atoms with E-state index < -0.39 is 0 Å². The molecule has 0 atom stereocenters. The van der Waals surface area contributed by atoms with Gasteiger partial charge in [0, 0.05) is 65.4 Å². The van der Waals surface area contributed by atoms with Crippen LogP contribution < -0.4 is 0 Å². The Hall–Kier alpha value is 1.64. The zero-order valence-corrected chi connectivity index (χ0v) is 10.6. The molecule has 5 heteroatoms. The summed E-state index contributed by atoms with van der Waals surface area (Å²) < 4.78 is 0. The Morgan fingerprint density at radius 2 is 1.88 bits per heavy atom. The van der Waals surface area contributed by atoms with Gasteiger partial charge in [-0.3, -0.25) is 0 Å². The van der Waals surface area contributed by atoms with Crippen LogP contribution in [-0.2, 0) is 75.1 Å². The van der Waals surface area contributed by atoms with Crippen LogP contribution in [0.15, 0.2) is 0 Å². The average Bonchev–Trinajstić information content (AvgIpc) is 1.65. The Morgan fingerprint density at radius 3 is 1.88 bits per heavy atom. The second-order valence-corrected chi connectivity index (χ2v) is 0.771. The van der Waals surface area contributed by atoms with E-state index in [2.05, 4.69) is 4.84 Å². The SMILES string of the molecule is CON(C)[C-]=O.[Y].[Y]. The van der Waals surface area contributed by atoms with Crippen molar-refractivity contribution >= 4 is 6.41 Å². The Labute approximate surface area is 99.2 Å². The van der Waals surface area contributed by atoms with Crippen LogP contribution in [0.1, 0.15) is 0 Å². The molecular formula is C3H6NO2Y2-. The predicted octanol–water partition coefficient (Wildman–Crippen LogP) is -0.458. The van der Waals surface area contributed by atoms with E-state index in [0.29, 0.717) is 0 Å². The molecule has 0 bridgehead atoms. The van der Waals surface area contributed by atoms with Gasteiger partial charge in [-0.1, -0.05) is 0 Å². The van der Waals surface area contributed by atoms with Crippen molar-refractivity contribution in [1.82, 2.24) is 5.06 Å². The Bertz CT molecular complexity index is 52.5. The summed E-state index contributed by atoms with van der Waals surface area (Å²) in [7, 11) is 2.86. The van der Waals surface area contributed by atoms with Crippen molar-refractivity contribution in [1.29, 1.82) is 0 Å². The number of amides is 1. The van der Waals surface area contributed by atoms with Crippen molar-refractivity contribution < 1.29 is 75.1 Å². The second-order valence-electron chi connectivity index (χ2n) is 0.771. The van der Waals surface area contributed by atoms with Gasteiger partial charge in [-0.05, 0) is 7.05 Å². The van der Waals surface area contributed by atoms with Gasteiger partial charge in [0.2, 0.25) is 0 Å². The largest absolute Gasteiger partial charge is 0.517 e. The molecule has 0 aliphatic heterocycles. The van der Waals surface area contributed by atoms with Gasteiger partial charge in [-0.25, -0.2) is 0 Å². The van der Waals surface area contributed by atoms with Gasteiger partial charge in [0.15, 0.2) is 0 Å². The molecule has 0 spiro atoms. The predicted molar refractivity (Wildman–Crippen MR) is 20.5 cm³/mol. The molecule has 0 heterocycles. The summed E-state index contributed by atoms with van der Waals surface area (Å²) >= 11 is 0. The summed E-state index contributed by atoms with van der Waals surface area (Å²) in [6, 6.07) is 0. The zero-order chi connectivity index (χ0) is 4.99. The van der Waals surface area contributed by atoms with E-state index in [1.165, 1.54) is 20.6 Å². The summed E-state index contributed by atoms with van der Waals surface area (Å²) in [5.41, 5.74) is 0. The van der Waals surface area contributed by atoms with Crippen molar-refractivity contribution in [2.24, 2.45) is 0 Å². The molecule has 0 N–H and O–H groups in total. The van der Waals surface area contributed by atoms with Crippen LogP contribution in [0, 0.1) is 0 Å². The van der Waals surface area contributed by atoms with Crippen molar-refractivity contribution in [3.63, 3.8) is 0 Å². The third-order valence-electron chi connectivity index (χ3n) is 0.402. The van der Waals surface area contributed by atoms with Gasteiger partial charge in [0.05, 0.1) is 7.11 Å². The first-order valence-electron chi connectivity index (χ1n) is 1.47. The molecule has 0 rings (SSSR count). The molecule has 0 saturated heterocycles. The van der Waals surface area contributed by atoms with Crippen LogP contribution in [0.3, 0.4) is 0 Å². The molecule has 2 radical (unpaired) electrons. The number of hydroxylamine groups is 2. The average molecular weight is 266 g/mol. The van der Waals surface area contributed by atoms with E-state index in [0.717, 1.165) is 5.06 Å². The monoisotopic (exact) mass is 266 g/mol. The van der Waals surface area contributed by atoms with Crippen molar-refractivity contribution in [3.8, 4) is 0 Å². The van der Waals surface area contributed by atoms with Crippen molar-refractivity contribution in [3.05, 3.63) is 0 Å². The second kappa shape index (κ2) is 11.4. The summed E-state index contributed by atoms with van der Waals surface area (Å²) in [6.07, 6.45) is 1.48. The Morgan fingerprint density at radius 1 is 1.50 bits per heavy atom. The fourth-order valence-corrected chi connectivity index (χ4v) is 0.0373. The van der Waals surface area contributed by atoms with E-state index in [1.54, 1.807) is 0 Å². The maximum Gasteiger partial charge on any atom is 0.0604 e. The molecule has 42 valence electrons. The fourth-order valence-electron chi connectivity index (χ4n) is 0.0373. The standard InChI is InChI=1S/C3H6NO2.2Y/c1-4(3-5)6-2;;/h1-2H3;;/q-1;;. The topological polar surface area (TPSA) is 29.5 Å². The van der Waals surface area contributed by atoms with E-state index in [4.69, 9.17) is 0 Å². The zero-order valence-electron chi connectivity index (χ0n) is 4.92. The summed E-state index contributed by atoms with van der Waals surface area (Å²) in [5.74, 6) is 0. The summed E-state index contributed by atoms with van der Waals surface area (Å²) in [5, 5.41) is 0.944. The van der Waals surface area contributed by atoms with Crippen LogP contribution in [0.2, 0.25) is 0 Å². The molecule has 0 aliphatic rings. The molecule has 0 aromatic carbocycles. The summed E-state index contributed by atoms with van der Waals surface area (Å²) in [4.78, 5) is 13.7. The minimum absolute atomic E-state index is 0. The maximum atomic E-state index is 9.41. The van der Waals surface area contributed by atoms with Gasteiger partial charge in [0.25, 0.3) is 0 Å². The molecule has 0 aliphatic carbocycles. The van der Waals surface area contributed by atoms with E-state index in [9.17, 15) is 4.79 Å². The molecular weight excluding hydrogens is 260 g/mol.